The molecule has 0 amide bonds. The molecule has 1 radical (unpaired) electrons. The van der Waals surface area contributed by atoms with Gasteiger partial charge in [-0.15, -0.1) is 0 Å². The van der Waals surface area contributed by atoms with E-state index in [9.17, 15) is 0 Å². The molecule has 0 aromatic heterocycles. The van der Waals surface area contributed by atoms with Crippen molar-refractivity contribution in [1.82, 2.24) is 4.90 Å². The van der Waals surface area contributed by atoms with Crippen molar-refractivity contribution >= 4 is 34.6 Å². The molecule has 0 aliphatic heterocycles. The maximum Gasteiger partial charge on any atom is 3.00 e. The molecule has 0 fully saturated rings. The van der Waals surface area contributed by atoms with E-state index in [1.807, 2.05) is 146 Å². The van der Waals surface area contributed by atoms with Gasteiger partial charge in [-0.3, -0.25) is 0 Å². The molecule has 6 aromatic carbocycles. The fourth-order valence-corrected chi connectivity index (χ4v) is 5.44. The zero-order valence-corrected chi connectivity index (χ0v) is 31.9. The smallest absolute Gasteiger partial charge is 0.464 e. The molecule has 7 nitrogen and oxygen atoms in total. The molecule has 9 heteroatoms. The van der Waals surface area contributed by atoms with E-state index >= 15 is 0 Å². The summed E-state index contributed by atoms with van der Waals surface area (Å²) in [5.41, 5.74) is 5.57. The molecule has 275 valence electrons. The van der Waals surface area contributed by atoms with E-state index in [-0.39, 0.29) is 33.6 Å². The second-order valence-electron chi connectivity index (χ2n) is 11.9. The molecule has 0 unspecified atom stereocenters. The van der Waals surface area contributed by atoms with E-state index < -0.39 is 0 Å². The second-order valence-corrected chi connectivity index (χ2v) is 11.9. The Morgan fingerprint density at radius 1 is 0.352 bits per heavy atom. The quantitative estimate of drug-likeness (QED) is 0.0752. The summed E-state index contributed by atoms with van der Waals surface area (Å²) in [7, 11) is 0. The van der Waals surface area contributed by atoms with Crippen LogP contribution in [0.3, 0.4) is 0 Å². The van der Waals surface area contributed by atoms with Gasteiger partial charge in [-0.25, -0.2) is 0 Å². The molecule has 0 heterocycles. The Kier molecular flexibility index (Phi) is 18.0. The number of hydrogen-bond donors (Lipinski definition) is 0. The number of hydrogen-bond acceptors (Lipinski definition) is 4. The van der Waals surface area contributed by atoms with Crippen molar-refractivity contribution in [2.24, 2.45) is 15.0 Å². The van der Waals surface area contributed by atoms with Gasteiger partial charge in [0.15, 0.2) is 0 Å². The van der Waals surface area contributed by atoms with Gasteiger partial charge in [0.25, 0.3) is 0 Å². The third kappa shape index (κ3) is 13.6. The molecule has 0 aliphatic carbocycles. The molecule has 0 N–H and O–H groups in total. The van der Waals surface area contributed by atoms with E-state index in [0.29, 0.717) is 56.8 Å². The van der Waals surface area contributed by atoms with Crippen LogP contribution in [0.4, 0.5) is 17.1 Å². The van der Waals surface area contributed by atoms with Crippen molar-refractivity contribution in [3.63, 3.8) is 0 Å². The van der Waals surface area contributed by atoms with Gasteiger partial charge in [0, 0.05) is 16.8 Å². The zero-order chi connectivity index (χ0) is 35.5. The SMILES string of the molecule is [Co+3].[Co].c1ccc([N-]C(=NCCN(CCN=C([N-]c2ccccc2)c2ccccc2)CCN=C([N-]c2ccccc2)c2ccccc2)c2ccccc2)cc1. The number of rotatable bonds is 15. The van der Waals surface area contributed by atoms with Crippen LogP contribution in [0.2, 0.25) is 0 Å². The number of nitrogens with zero attached hydrogens (tertiary/aromatic N) is 7. The molecule has 0 spiro atoms. The van der Waals surface area contributed by atoms with Gasteiger partial charge < -0.3 is 35.8 Å². The number of aliphatic imine (C=N–C) groups is 3. The van der Waals surface area contributed by atoms with Gasteiger partial charge in [0.1, 0.15) is 0 Å². The summed E-state index contributed by atoms with van der Waals surface area (Å²) in [5.74, 6) is 2.14. The van der Waals surface area contributed by atoms with Crippen LogP contribution in [-0.4, -0.2) is 61.7 Å². The van der Waals surface area contributed by atoms with Crippen molar-refractivity contribution in [3.8, 4) is 0 Å². The maximum absolute atomic E-state index is 5.02. The van der Waals surface area contributed by atoms with Crippen LogP contribution in [-0.2, 0) is 33.6 Å². The van der Waals surface area contributed by atoms with Crippen molar-refractivity contribution in [1.29, 1.82) is 0 Å². The monoisotopic (exact) mass is 798 g/mol. The topological polar surface area (TPSA) is 82.6 Å². The molecular weight excluding hydrogens is 756 g/mol. The normalized spacial score (nSPS) is 11.6. The van der Waals surface area contributed by atoms with Gasteiger partial charge in [-0.2, -0.15) is 0 Å². The Morgan fingerprint density at radius 2 is 0.574 bits per heavy atom. The molecule has 6 aromatic rings. The first-order chi connectivity index (χ1) is 25.8. The Morgan fingerprint density at radius 3 is 0.815 bits per heavy atom. The Hall–Kier alpha value is -5.30. The summed E-state index contributed by atoms with van der Waals surface area (Å²) in [6, 6.07) is 60.3. The summed E-state index contributed by atoms with van der Waals surface area (Å²) >= 11 is 0. The summed E-state index contributed by atoms with van der Waals surface area (Å²) < 4.78 is 0. The minimum absolute atomic E-state index is 0. The Bertz CT molecular complexity index is 1760. The van der Waals surface area contributed by atoms with Crippen molar-refractivity contribution in [2.75, 3.05) is 39.3 Å². The summed E-state index contributed by atoms with van der Waals surface area (Å²) in [4.78, 5) is 17.4. The summed E-state index contributed by atoms with van der Waals surface area (Å²) in [6.45, 7) is 3.81. The predicted molar refractivity (Wildman–Crippen MR) is 218 cm³/mol. The van der Waals surface area contributed by atoms with E-state index in [1.54, 1.807) is 0 Å². The molecule has 0 saturated heterocycles. The largest absolute Gasteiger partial charge is 3.00 e. The van der Waals surface area contributed by atoms with Crippen LogP contribution in [0.1, 0.15) is 16.7 Å². The van der Waals surface area contributed by atoms with Crippen LogP contribution in [0.15, 0.2) is 197 Å². The minimum Gasteiger partial charge on any atom is -0.464 e. The molecular formula is C45H42Co2N7. The third-order valence-electron chi connectivity index (χ3n) is 8.10. The van der Waals surface area contributed by atoms with E-state index in [4.69, 9.17) is 30.9 Å². The molecule has 0 aliphatic rings. The minimum atomic E-state index is 0. The van der Waals surface area contributed by atoms with Crippen LogP contribution < -0.4 is 0 Å². The maximum atomic E-state index is 5.02. The average Bonchev–Trinajstić information content (AvgIpc) is 3.21. The van der Waals surface area contributed by atoms with E-state index in [0.717, 1.165) is 33.8 Å². The van der Waals surface area contributed by atoms with Gasteiger partial charge in [-0.05, 0) is 73.0 Å². The first-order valence-electron chi connectivity index (χ1n) is 17.6. The number of amidine groups is 3. The fourth-order valence-electron chi connectivity index (χ4n) is 5.44. The molecule has 0 atom stereocenters. The zero-order valence-electron chi connectivity index (χ0n) is 29.9. The summed E-state index contributed by atoms with van der Waals surface area (Å²) in [6.07, 6.45) is 0. The second kappa shape index (κ2) is 23.4. The molecule has 54 heavy (non-hydrogen) atoms. The van der Waals surface area contributed by atoms with E-state index in [2.05, 4.69) is 41.3 Å². The number of benzene rings is 6. The Labute approximate surface area is 340 Å². The standard InChI is InChI=1S/C45H42N7.2Co/c1-7-19-37(20-8-1)43(49-40-25-13-4-14-26-40)46-31-34-52(35-32-47-44(38-21-9-2-10-22-38)50-41-27-15-5-16-28-41)36-33-48-45(39-23-11-3-12-24-39)51-42-29-17-6-18-30-42;;/h1-30H,31-36H2;;/q-3;;+3. The van der Waals surface area contributed by atoms with Gasteiger partial charge in [0.05, 0.1) is 0 Å². The van der Waals surface area contributed by atoms with Crippen LogP contribution >= 0.6 is 0 Å². The van der Waals surface area contributed by atoms with Crippen molar-refractivity contribution < 1.29 is 33.6 Å². The predicted octanol–water partition coefficient (Wildman–Crippen LogP) is 10.7. The average molecular weight is 799 g/mol. The molecule has 6 rings (SSSR count). The van der Waals surface area contributed by atoms with Crippen LogP contribution in [0.25, 0.3) is 16.0 Å². The van der Waals surface area contributed by atoms with Crippen LogP contribution in [0.5, 0.6) is 0 Å². The van der Waals surface area contributed by atoms with Crippen molar-refractivity contribution in [3.05, 3.63) is 215 Å². The van der Waals surface area contributed by atoms with Gasteiger partial charge >= 0.3 is 16.8 Å². The fraction of sp³-hybridized carbons (Fsp3) is 0.133. The van der Waals surface area contributed by atoms with E-state index in [1.165, 1.54) is 0 Å². The first-order valence-corrected chi connectivity index (χ1v) is 17.6. The first kappa shape index (κ1) is 41.5. The molecule has 0 saturated carbocycles. The van der Waals surface area contributed by atoms with Crippen LogP contribution in [0, 0.1) is 0 Å². The van der Waals surface area contributed by atoms with Crippen molar-refractivity contribution in [2.45, 2.75) is 0 Å². The number of para-hydroxylation sites is 3. The third-order valence-corrected chi connectivity index (χ3v) is 8.10. The Balaban J connectivity index is 0.00000325. The summed E-state index contributed by atoms with van der Waals surface area (Å²) in [5, 5.41) is 14.7. The van der Waals surface area contributed by atoms with Gasteiger partial charge in [0.2, 0.25) is 0 Å². The van der Waals surface area contributed by atoms with Gasteiger partial charge in [-0.1, -0.05) is 199 Å². The molecule has 0 bridgehead atoms.